The third kappa shape index (κ3) is 2.09. The Balaban J connectivity index is 1.95. The molecule has 2 aromatic rings. The molecule has 0 bridgehead atoms. The molecule has 4 rings (SSSR count). The van der Waals surface area contributed by atoms with Crippen LogP contribution in [0, 0.1) is 5.92 Å². The monoisotopic (exact) mass is 324 g/mol. The van der Waals surface area contributed by atoms with Crippen molar-refractivity contribution in [3.8, 4) is 0 Å². The van der Waals surface area contributed by atoms with Gasteiger partial charge in [0.15, 0.2) is 5.79 Å². The van der Waals surface area contributed by atoms with Crippen molar-refractivity contribution in [2.24, 2.45) is 5.92 Å². The van der Waals surface area contributed by atoms with Crippen LogP contribution in [0.1, 0.15) is 56.7 Å². The van der Waals surface area contributed by atoms with E-state index in [1.54, 1.807) is 7.11 Å². The van der Waals surface area contributed by atoms with Gasteiger partial charge >= 0.3 is 0 Å². The third-order valence-electron chi connectivity index (χ3n) is 5.95. The zero-order valence-electron chi connectivity index (χ0n) is 15.5. The van der Waals surface area contributed by atoms with Gasteiger partial charge in [-0.25, -0.2) is 0 Å². The molecule has 2 aromatic carbocycles. The predicted octanol–water partition coefficient (Wildman–Crippen LogP) is 5.18. The molecule has 1 saturated carbocycles. The molecular weight excluding hydrogens is 296 g/mol. The molecule has 2 aliphatic carbocycles. The SMILES string of the molecule is CCOC1(OC)C2CCc3cc(C(C)(C)C)c4ccccc4c3C21. The van der Waals surface area contributed by atoms with E-state index in [0.29, 0.717) is 18.4 Å². The second kappa shape index (κ2) is 5.31. The minimum Gasteiger partial charge on any atom is -0.352 e. The lowest BCUT2D eigenvalue weighted by Gasteiger charge is -2.26. The molecule has 0 amide bonds. The summed E-state index contributed by atoms with van der Waals surface area (Å²) in [6.07, 6.45) is 2.29. The smallest absolute Gasteiger partial charge is 0.178 e. The van der Waals surface area contributed by atoms with E-state index >= 15 is 0 Å². The highest BCUT2D eigenvalue weighted by Crippen LogP contribution is 2.66. The van der Waals surface area contributed by atoms with Gasteiger partial charge in [-0.3, -0.25) is 0 Å². The van der Waals surface area contributed by atoms with Crippen LogP contribution in [0.25, 0.3) is 10.8 Å². The average molecular weight is 324 g/mol. The van der Waals surface area contributed by atoms with Gasteiger partial charge in [-0.1, -0.05) is 51.1 Å². The van der Waals surface area contributed by atoms with Crippen LogP contribution in [0.5, 0.6) is 0 Å². The van der Waals surface area contributed by atoms with Gasteiger partial charge in [-0.05, 0) is 52.6 Å². The minimum absolute atomic E-state index is 0.146. The van der Waals surface area contributed by atoms with Crippen LogP contribution in [0.2, 0.25) is 0 Å². The van der Waals surface area contributed by atoms with Gasteiger partial charge in [0.2, 0.25) is 0 Å². The lowest BCUT2D eigenvalue weighted by molar-refractivity contribution is -0.159. The Hall–Kier alpha value is -1.38. The van der Waals surface area contributed by atoms with Gasteiger partial charge in [-0.2, -0.15) is 0 Å². The van der Waals surface area contributed by atoms with Crippen LogP contribution in [-0.2, 0) is 21.3 Å². The van der Waals surface area contributed by atoms with Crippen molar-refractivity contribution in [1.29, 1.82) is 0 Å². The topological polar surface area (TPSA) is 18.5 Å². The lowest BCUT2D eigenvalue weighted by atomic mass is 9.78. The van der Waals surface area contributed by atoms with Gasteiger partial charge in [0.25, 0.3) is 0 Å². The molecule has 0 heterocycles. The first-order chi connectivity index (χ1) is 11.4. The molecular formula is C22H28O2. The molecule has 1 fully saturated rings. The van der Waals surface area contributed by atoms with E-state index in [9.17, 15) is 0 Å². The van der Waals surface area contributed by atoms with Crippen LogP contribution in [0.4, 0.5) is 0 Å². The second-order valence-corrected chi connectivity index (χ2v) is 8.27. The van der Waals surface area contributed by atoms with Crippen LogP contribution >= 0.6 is 0 Å². The van der Waals surface area contributed by atoms with Crippen molar-refractivity contribution in [1.82, 2.24) is 0 Å². The third-order valence-corrected chi connectivity index (χ3v) is 5.95. The first kappa shape index (κ1) is 16.1. The molecule has 3 unspecified atom stereocenters. The number of rotatable bonds is 3. The van der Waals surface area contributed by atoms with Crippen LogP contribution < -0.4 is 0 Å². The molecule has 0 spiro atoms. The number of fused-ring (bicyclic) bond motifs is 5. The van der Waals surface area contributed by atoms with Gasteiger partial charge in [0.05, 0.1) is 0 Å². The molecule has 2 aliphatic rings. The fraction of sp³-hybridized carbons (Fsp3) is 0.545. The maximum atomic E-state index is 6.12. The fourth-order valence-electron chi connectivity index (χ4n) is 4.90. The summed E-state index contributed by atoms with van der Waals surface area (Å²) in [5.41, 5.74) is 4.58. The first-order valence-corrected chi connectivity index (χ1v) is 9.18. The highest BCUT2D eigenvalue weighted by atomic mass is 16.7. The highest BCUT2D eigenvalue weighted by molar-refractivity contribution is 5.92. The number of hydrogen-bond donors (Lipinski definition) is 0. The largest absolute Gasteiger partial charge is 0.352 e. The van der Waals surface area contributed by atoms with E-state index in [1.807, 2.05) is 0 Å². The molecule has 0 aromatic heterocycles. The number of hydrogen-bond acceptors (Lipinski definition) is 2. The Bertz CT molecular complexity index is 786. The van der Waals surface area contributed by atoms with Crippen LogP contribution in [0.3, 0.4) is 0 Å². The van der Waals surface area contributed by atoms with Gasteiger partial charge in [0, 0.05) is 25.6 Å². The van der Waals surface area contributed by atoms with Crippen LogP contribution in [-0.4, -0.2) is 19.5 Å². The summed E-state index contributed by atoms with van der Waals surface area (Å²) in [5, 5.41) is 2.78. The van der Waals surface area contributed by atoms with E-state index in [4.69, 9.17) is 9.47 Å². The van der Waals surface area contributed by atoms with Crippen molar-refractivity contribution in [3.05, 3.63) is 47.0 Å². The standard InChI is InChI=1S/C22H28O2/c1-6-24-22(23-5)17-12-11-14-13-18(21(2,3)4)15-9-7-8-10-16(15)19(14)20(17)22/h7-10,13,17,20H,6,11-12H2,1-5H3. The van der Waals surface area contributed by atoms with E-state index in [1.165, 1.54) is 27.5 Å². The summed E-state index contributed by atoms with van der Waals surface area (Å²) in [5.74, 6) is 0.482. The number of ether oxygens (including phenoxy) is 2. The molecule has 128 valence electrons. The van der Waals surface area contributed by atoms with Gasteiger partial charge < -0.3 is 9.47 Å². The van der Waals surface area contributed by atoms with Crippen molar-refractivity contribution < 1.29 is 9.47 Å². The van der Waals surface area contributed by atoms with Crippen molar-refractivity contribution in [2.75, 3.05) is 13.7 Å². The molecule has 0 radical (unpaired) electrons. The summed E-state index contributed by atoms with van der Waals surface area (Å²) in [7, 11) is 1.80. The summed E-state index contributed by atoms with van der Waals surface area (Å²) in [6.45, 7) is 9.69. The summed E-state index contributed by atoms with van der Waals surface area (Å²) >= 11 is 0. The van der Waals surface area contributed by atoms with E-state index < -0.39 is 5.79 Å². The minimum atomic E-state index is -0.397. The first-order valence-electron chi connectivity index (χ1n) is 9.18. The van der Waals surface area contributed by atoms with Crippen molar-refractivity contribution in [2.45, 2.75) is 57.7 Å². The predicted molar refractivity (Wildman–Crippen MR) is 98.6 cm³/mol. The zero-order chi connectivity index (χ0) is 17.1. The second-order valence-electron chi connectivity index (χ2n) is 8.27. The van der Waals surface area contributed by atoms with E-state index in [-0.39, 0.29) is 5.41 Å². The maximum Gasteiger partial charge on any atom is 0.178 e. The molecule has 0 saturated heterocycles. The average Bonchev–Trinajstić information content (AvgIpc) is 3.21. The molecule has 0 N–H and O–H groups in total. The normalized spacial score (nSPS) is 28.5. The Morgan fingerprint density at radius 3 is 2.50 bits per heavy atom. The molecule has 24 heavy (non-hydrogen) atoms. The fourth-order valence-corrected chi connectivity index (χ4v) is 4.90. The Morgan fingerprint density at radius 2 is 1.88 bits per heavy atom. The van der Waals surface area contributed by atoms with Crippen molar-refractivity contribution in [3.63, 3.8) is 0 Å². The quantitative estimate of drug-likeness (QED) is 0.725. The molecule has 3 atom stereocenters. The van der Waals surface area contributed by atoms with Gasteiger partial charge in [-0.15, -0.1) is 0 Å². The summed E-state index contributed by atoms with van der Waals surface area (Å²) in [6, 6.07) is 11.3. The lowest BCUT2D eigenvalue weighted by Crippen LogP contribution is -2.21. The number of methoxy groups -OCH3 is 1. The summed E-state index contributed by atoms with van der Waals surface area (Å²) in [4.78, 5) is 0. The Kier molecular flexibility index (Phi) is 3.56. The van der Waals surface area contributed by atoms with E-state index in [2.05, 4.69) is 58.0 Å². The maximum absolute atomic E-state index is 6.12. The molecule has 2 nitrogen and oxygen atoms in total. The molecule has 0 aliphatic heterocycles. The summed E-state index contributed by atoms with van der Waals surface area (Å²) < 4.78 is 12.0. The molecule has 2 heteroatoms. The van der Waals surface area contributed by atoms with E-state index in [0.717, 1.165) is 12.8 Å². The van der Waals surface area contributed by atoms with Gasteiger partial charge in [0.1, 0.15) is 0 Å². The number of benzene rings is 2. The number of aryl methyl sites for hydroxylation is 1. The Labute approximate surface area is 145 Å². The van der Waals surface area contributed by atoms with Crippen LogP contribution in [0.15, 0.2) is 30.3 Å². The highest BCUT2D eigenvalue weighted by Gasteiger charge is 2.69. The zero-order valence-corrected chi connectivity index (χ0v) is 15.5. The Morgan fingerprint density at radius 1 is 1.17 bits per heavy atom. The van der Waals surface area contributed by atoms with Crippen molar-refractivity contribution >= 4 is 10.8 Å².